The molecule has 3 unspecified atom stereocenters. The molecule has 0 saturated carbocycles. The lowest BCUT2D eigenvalue weighted by atomic mass is 10.1. The number of allylic oxidation sites excluding steroid dienone is 15. The Bertz CT molecular complexity index is 1510. The molecule has 0 aromatic carbocycles. The van der Waals surface area contributed by atoms with Crippen molar-refractivity contribution in [2.45, 2.75) is 226 Å². The topological polar surface area (TPSA) is 111 Å². The van der Waals surface area contributed by atoms with E-state index in [1.165, 1.54) is 57.8 Å². The molecule has 2 N–H and O–H groups in total. The lowest BCUT2D eigenvalue weighted by molar-refractivity contribution is -0.870. The highest BCUT2D eigenvalue weighted by atomic mass is 31.2. The molecule has 0 radical (unpaired) electrons. The summed E-state index contributed by atoms with van der Waals surface area (Å²) < 4.78 is 30.5. The highest BCUT2D eigenvalue weighted by Crippen LogP contribution is 2.43. The third-order valence-electron chi connectivity index (χ3n) is 11.5. The van der Waals surface area contributed by atoms with Crippen molar-refractivity contribution in [2.75, 3.05) is 40.9 Å². The van der Waals surface area contributed by atoms with Gasteiger partial charge in [-0.25, -0.2) is 4.57 Å². The fraction of sp³-hybridized carbons (Fsp3) is 0.695. The monoisotopic (exact) mass is 984 g/mol. The zero-order valence-electron chi connectivity index (χ0n) is 45.0. The summed E-state index contributed by atoms with van der Waals surface area (Å²) >= 11 is 0. The predicted octanol–water partition coefficient (Wildman–Crippen LogP) is 16.4. The SMILES string of the molecule is CC/C=C\C/C=C\C/C=C\C/C=C\C/C=C\C/C=C\CCCCC(=O)OC(/C=C\CCCCCCCCCCC)C(COP(=O)(O)OCC[N+](C)(C)C)NC(=O)CCCCCCC/C=C\CCCC. The van der Waals surface area contributed by atoms with Crippen LogP contribution in [0.3, 0.4) is 0 Å². The molecule has 0 heterocycles. The van der Waals surface area contributed by atoms with Gasteiger partial charge in [0.05, 0.1) is 33.8 Å². The van der Waals surface area contributed by atoms with Crippen molar-refractivity contribution in [3.63, 3.8) is 0 Å². The highest BCUT2D eigenvalue weighted by Gasteiger charge is 2.30. The van der Waals surface area contributed by atoms with E-state index in [1.54, 1.807) is 0 Å². The third kappa shape index (κ3) is 49.7. The number of hydrogen-bond donors (Lipinski definition) is 2. The first-order chi connectivity index (χ1) is 33.4. The maximum atomic E-state index is 13.4. The summed E-state index contributed by atoms with van der Waals surface area (Å²) in [6, 6.07) is -0.873. The maximum Gasteiger partial charge on any atom is 0.472 e. The summed E-state index contributed by atoms with van der Waals surface area (Å²) in [5, 5.41) is 3.02. The number of carbonyl (C=O) groups excluding carboxylic acids is 2. The van der Waals surface area contributed by atoms with Crippen LogP contribution in [-0.2, 0) is 27.9 Å². The highest BCUT2D eigenvalue weighted by molar-refractivity contribution is 7.47. The van der Waals surface area contributed by atoms with E-state index in [1.807, 2.05) is 33.3 Å². The Balaban J connectivity index is 5.39. The number of hydrogen-bond acceptors (Lipinski definition) is 6. The molecule has 0 bridgehead atoms. The number of rotatable bonds is 48. The second-order valence-electron chi connectivity index (χ2n) is 19.4. The van der Waals surface area contributed by atoms with Crippen molar-refractivity contribution in [3.8, 4) is 0 Å². The van der Waals surface area contributed by atoms with Crippen LogP contribution < -0.4 is 5.32 Å². The van der Waals surface area contributed by atoms with Crippen LogP contribution in [0.25, 0.3) is 0 Å². The molecule has 0 spiro atoms. The summed E-state index contributed by atoms with van der Waals surface area (Å²) in [4.78, 5) is 37.4. The number of amides is 1. The summed E-state index contributed by atoms with van der Waals surface area (Å²) in [5.74, 6) is -0.577. The van der Waals surface area contributed by atoms with Gasteiger partial charge in [0.15, 0.2) is 0 Å². The van der Waals surface area contributed by atoms with Crippen molar-refractivity contribution in [1.29, 1.82) is 0 Å². The molecule has 3 atom stereocenters. The molecule has 1 amide bonds. The lowest BCUT2D eigenvalue weighted by Crippen LogP contribution is -2.47. The zero-order valence-corrected chi connectivity index (χ0v) is 45.9. The number of likely N-dealkylation sites (N-methyl/N-ethyl adjacent to an activating group) is 1. The van der Waals surface area contributed by atoms with E-state index in [4.69, 9.17) is 13.8 Å². The molecular weight excluding hydrogens is 880 g/mol. The number of carbonyl (C=O) groups is 2. The zero-order chi connectivity index (χ0) is 50.8. The van der Waals surface area contributed by atoms with E-state index in [-0.39, 0.29) is 31.5 Å². The van der Waals surface area contributed by atoms with Gasteiger partial charge in [0.2, 0.25) is 5.91 Å². The fourth-order valence-corrected chi connectivity index (χ4v) is 7.95. The number of nitrogens with one attached hydrogen (secondary N) is 1. The van der Waals surface area contributed by atoms with Crippen molar-refractivity contribution in [3.05, 3.63) is 97.2 Å². The number of nitrogens with zero attached hydrogens (tertiary/aromatic N) is 1. The molecule has 0 aliphatic heterocycles. The standard InChI is InChI=1S/C59H103N2O7P/c1-7-10-13-16-19-22-25-26-27-28-29-30-31-32-33-34-37-40-43-46-49-52-59(63)68-57(50-47-44-41-38-35-23-20-17-14-11-8-2)56(55-67-69(64,65)66-54-53-61(4,5)6)60-58(62)51-48-45-42-39-36-24-21-18-15-12-9-3/h10,13,18-19,21-22,26-27,29-30,32-33,37,40,47,50,56-57H,7-9,11-12,14-17,20,23-25,28,31,34-36,38-39,41-46,48-49,51-55H2,1-6H3,(H-,60,62,64,65)/p+1/b13-10-,21-18-,22-19-,27-26-,30-29-,33-32-,40-37-,50-47-. The normalized spacial score (nSPS) is 14.6. The average Bonchev–Trinajstić information content (AvgIpc) is 3.31. The van der Waals surface area contributed by atoms with E-state index in [0.717, 1.165) is 116 Å². The molecule has 396 valence electrons. The molecular formula is C59H104N2O7P+. The number of phosphoric ester groups is 1. The van der Waals surface area contributed by atoms with E-state index < -0.39 is 20.0 Å². The average molecular weight is 984 g/mol. The fourth-order valence-electron chi connectivity index (χ4n) is 7.22. The van der Waals surface area contributed by atoms with Crippen molar-refractivity contribution < 1.29 is 37.3 Å². The first-order valence-electron chi connectivity index (χ1n) is 27.6. The molecule has 0 saturated heterocycles. The molecule has 0 aromatic rings. The van der Waals surface area contributed by atoms with Crippen LogP contribution in [0.15, 0.2) is 97.2 Å². The Morgan fingerprint density at radius 3 is 1.46 bits per heavy atom. The lowest BCUT2D eigenvalue weighted by Gasteiger charge is -2.27. The Morgan fingerprint density at radius 1 is 0.522 bits per heavy atom. The minimum atomic E-state index is -4.46. The maximum absolute atomic E-state index is 13.4. The number of quaternary nitrogens is 1. The number of esters is 1. The van der Waals surface area contributed by atoms with Gasteiger partial charge in [-0.3, -0.25) is 18.6 Å². The second kappa shape index (κ2) is 48.6. The largest absolute Gasteiger partial charge is 0.472 e. The smallest absolute Gasteiger partial charge is 0.456 e. The minimum absolute atomic E-state index is 0.0269. The quantitative estimate of drug-likeness (QED) is 0.0205. The Kier molecular flexibility index (Phi) is 46.4. The number of phosphoric acid groups is 1. The predicted molar refractivity (Wildman–Crippen MR) is 295 cm³/mol. The van der Waals surface area contributed by atoms with E-state index in [0.29, 0.717) is 23.9 Å². The Hall–Kier alpha value is -3.07. The van der Waals surface area contributed by atoms with Gasteiger partial charge in [0.25, 0.3) is 0 Å². The first-order valence-corrected chi connectivity index (χ1v) is 29.1. The Morgan fingerprint density at radius 2 is 0.942 bits per heavy atom. The molecule has 0 aliphatic carbocycles. The van der Waals surface area contributed by atoms with Crippen molar-refractivity contribution in [2.24, 2.45) is 0 Å². The third-order valence-corrected chi connectivity index (χ3v) is 12.5. The second-order valence-corrected chi connectivity index (χ2v) is 20.8. The Labute approximate surface area is 424 Å². The van der Waals surface area contributed by atoms with Gasteiger partial charge < -0.3 is 19.4 Å². The van der Waals surface area contributed by atoms with Gasteiger partial charge in [0.1, 0.15) is 19.3 Å². The van der Waals surface area contributed by atoms with Gasteiger partial charge in [-0.1, -0.05) is 195 Å². The van der Waals surface area contributed by atoms with Crippen molar-refractivity contribution >= 4 is 19.7 Å². The minimum Gasteiger partial charge on any atom is -0.456 e. The van der Waals surface area contributed by atoms with Crippen LogP contribution >= 0.6 is 7.82 Å². The summed E-state index contributed by atoms with van der Waals surface area (Å²) in [5.41, 5.74) is 0. The van der Waals surface area contributed by atoms with E-state index in [2.05, 4.69) is 111 Å². The van der Waals surface area contributed by atoms with Gasteiger partial charge in [-0.05, 0) is 102 Å². The van der Waals surface area contributed by atoms with Crippen LogP contribution in [0.2, 0.25) is 0 Å². The molecule has 0 fully saturated rings. The summed E-state index contributed by atoms with van der Waals surface area (Å²) in [6.45, 7) is 6.79. The van der Waals surface area contributed by atoms with Gasteiger partial charge >= 0.3 is 13.8 Å². The molecule has 9 nitrogen and oxygen atoms in total. The van der Waals surface area contributed by atoms with Crippen LogP contribution in [0.5, 0.6) is 0 Å². The van der Waals surface area contributed by atoms with Crippen LogP contribution in [0.1, 0.15) is 213 Å². The summed E-state index contributed by atoms with van der Waals surface area (Å²) in [7, 11) is 1.45. The van der Waals surface area contributed by atoms with Crippen molar-refractivity contribution in [1.82, 2.24) is 5.32 Å². The molecule has 0 aromatic heterocycles. The number of ether oxygens (including phenoxy) is 1. The van der Waals surface area contributed by atoms with Crippen LogP contribution in [0, 0.1) is 0 Å². The molecule has 69 heavy (non-hydrogen) atoms. The van der Waals surface area contributed by atoms with Gasteiger partial charge in [-0.2, -0.15) is 0 Å². The molecule has 0 rings (SSSR count). The van der Waals surface area contributed by atoms with Gasteiger partial charge in [0, 0.05) is 12.8 Å². The molecule has 0 aliphatic rings. The number of unbranched alkanes of at least 4 members (excludes halogenated alkanes) is 18. The van der Waals surface area contributed by atoms with Crippen LogP contribution in [0.4, 0.5) is 0 Å². The summed E-state index contributed by atoms with van der Waals surface area (Å²) in [6.07, 6.45) is 64.1. The van der Waals surface area contributed by atoms with E-state index in [9.17, 15) is 19.0 Å². The molecule has 10 heteroatoms. The first kappa shape index (κ1) is 65.9. The van der Waals surface area contributed by atoms with E-state index >= 15 is 0 Å². The van der Waals surface area contributed by atoms with Gasteiger partial charge in [-0.15, -0.1) is 0 Å². The van der Waals surface area contributed by atoms with Crippen LogP contribution in [-0.4, -0.2) is 74.3 Å².